The molecule has 21 heavy (non-hydrogen) atoms. The lowest BCUT2D eigenvalue weighted by atomic mass is 10.2. The van der Waals surface area contributed by atoms with Gasteiger partial charge in [-0.2, -0.15) is 0 Å². The second-order valence-corrected chi connectivity index (χ2v) is 5.49. The highest BCUT2D eigenvalue weighted by Gasteiger charge is 2.12. The van der Waals surface area contributed by atoms with Gasteiger partial charge in [0.15, 0.2) is 0 Å². The number of fused-ring (bicyclic) bond motifs is 1. The summed E-state index contributed by atoms with van der Waals surface area (Å²) in [6.07, 6.45) is 3.52. The molecular weight excluding hydrogens is 309 g/mol. The Hall–Kier alpha value is -1.62. The van der Waals surface area contributed by atoms with Crippen molar-refractivity contribution >= 4 is 34.2 Å². The number of imidazole rings is 1. The van der Waals surface area contributed by atoms with E-state index in [1.54, 1.807) is 31.6 Å². The zero-order valence-corrected chi connectivity index (χ0v) is 12.9. The molecule has 4 nitrogen and oxygen atoms in total. The zero-order chi connectivity index (χ0) is 14.8. The first kappa shape index (κ1) is 14.3. The first-order chi connectivity index (χ1) is 10.2. The fourth-order valence-electron chi connectivity index (χ4n) is 2.27. The van der Waals surface area contributed by atoms with Crippen LogP contribution in [0.25, 0.3) is 11.0 Å². The van der Waals surface area contributed by atoms with E-state index in [2.05, 4.69) is 9.97 Å². The molecule has 0 bridgehead atoms. The monoisotopic (exact) mass is 321 g/mol. The van der Waals surface area contributed by atoms with Crippen LogP contribution in [0.5, 0.6) is 0 Å². The molecule has 0 radical (unpaired) electrons. The lowest BCUT2D eigenvalue weighted by Gasteiger charge is -2.10. The SMILES string of the molecule is COCc1nc2ccncc2n1Cc1cc(Cl)ccc1Cl. The van der Waals surface area contributed by atoms with Crippen molar-refractivity contribution in [3.63, 3.8) is 0 Å². The summed E-state index contributed by atoms with van der Waals surface area (Å²) in [7, 11) is 1.65. The average molecular weight is 322 g/mol. The van der Waals surface area contributed by atoms with Gasteiger partial charge in [-0.25, -0.2) is 4.98 Å². The molecule has 108 valence electrons. The second kappa shape index (κ2) is 6.02. The third-order valence-electron chi connectivity index (χ3n) is 3.24. The van der Waals surface area contributed by atoms with Crippen LogP contribution >= 0.6 is 23.2 Å². The fourth-order valence-corrected chi connectivity index (χ4v) is 2.64. The zero-order valence-electron chi connectivity index (χ0n) is 11.4. The highest BCUT2D eigenvalue weighted by Crippen LogP contribution is 2.24. The Balaban J connectivity index is 2.10. The number of aromatic nitrogens is 3. The maximum Gasteiger partial charge on any atom is 0.136 e. The first-order valence-electron chi connectivity index (χ1n) is 6.41. The van der Waals surface area contributed by atoms with E-state index in [0.717, 1.165) is 22.4 Å². The minimum absolute atomic E-state index is 0.423. The Morgan fingerprint density at radius 1 is 1.24 bits per heavy atom. The van der Waals surface area contributed by atoms with Crippen molar-refractivity contribution < 1.29 is 4.74 Å². The molecule has 0 saturated carbocycles. The van der Waals surface area contributed by atoms with E-state index in [1.165, 1.54) is 0 Å². The number of rotatable bonds is 4. The van der Waals surface area contributed by atoms with Gasteiger partial charge in [-0.1, -0.05) is 23.2 Å². The van der Waals surface area contributed by atoms with E-state index in [4.69, 9.17) is 27.9 Å². The summed E-state index contributed by atoms with van der Waals surface area (Å²) in [6.45, 7) is 0.993. The number of hydrogen-bond acceptors (Lipinski definition) is 3. The maximum absolute atomic E-state index is 6.25. The Morgan fingerprint density at radius 3 is 2.90 bits per heavy atom. The van der Waals surface area contributed by atoms with Crippen LogP contribution in [0.2, 0.25) is 10.0 Å². The summed E-state index contributed by atoms with van der Waals surface area (Å²) in [5.41, 5.74) is 2.76. The third-order valence-corrected chi connectivity index (χ3v) is 3.84. The Morgan fingerprint density at radius 2 is 2.10 bits per heavy atom. The molecule has 2 aromatic heterocycles. The van der Waals surface area contributed by atoms with Gasteiger partial charge in [-0.3, -0.25) is 4.98 Å². The van der Waals surface area contributed by atoms with Crippen molar-refractivity contribution in [2.75, 3.05) is 7.11 Å². The molecule has 0 spiro atoms. The summed E-state index contributed by atoms with van der Waals surface area (Å²) >= 11 is 12.3. The van der Waals surface area contributed by atoms with Crippen LogP contribution < -0.4 is 0 Å². The van der Waals surface area contributed by atoms with Crippen molar-refractivity contribution in [1.29, 1.82) is 0 Å². The normalized spacial score (nSPS) is 11.2. The Kier molecular flexibility index (Phi) is 4.10. The minimum Gasteiger partial charge on any atom is -0.377 e. The van der Waals surface area contributed by atoms with Gasteiger partial charge in [0, 0.05) is 23.4 Å². The number of benzene rings is 1. The number of halogens is 2. The molecule has 3 aromatic rings. The molecule has 0 aliphatic carbocycles. The van der Waals surface area contributed by atoms with E-state index >= 15 is 0 Å². The first-order valence-corrected chi connectivity index (χ1v) is 7.16. The molecule has 0 fully saturated rings. The molecule has 0 saturated heterocycles. The lowest BCUT2D eigenvalue weighted by molar-refractivity contribution is 0.175. The predicted molar refractivity (Wildman–Crippen MR) is 83.8 cm³/mol. The van der Waals surface area contributed by atoms with E-state index in [1.807, 2.05) is 16.7 Å². The van der Waals surface area contributed by atoms with E-state index < -0.39 is 0 Å². The summed E-state index contributed by atoms with van der Waals surface area (Å²) in [6, 6.07) is 7.32. The van der Waals surface area contributed by atoms with Crippen molar-refractivity contribution in [2.24, 2.45) is 0 Å². The van der Waals surface area contributed by atoms with Gasteiger partial charge in [0.1, 0.15) is 12.4 Å². The molecule has 0 aliphatic rings. The van der Waals surface area contributed by atoms with Crippen molar-refractivity contribution in [2.45, 2.75) is 13.2 Å². The molecule has 0 unspecified atom stereocenters. The molecule has 6 heteroatoms. The summed E-state index contributed by atoms with van der Waals surface area (Å²) in [5.74, 6) is 0.830. The molecule has 0 N–H and O–H groups in total. The molecular formula is C15H13Cl2N3O. The molecule has 2 heterocycles. The number of hydrogen-bond donors (Lipinski definition) is 0. The van der Waals surface area contributed by atoms with Gasteiger partial charge in [0.25, 0.3) is 0 Å². The van der Waals surface area contributed by atoms with Crippen LogP contribution in [0.1, 0.15) is 11.4 Å². The topological polar surface area (TPSA) is 39.9 Å². The number of pyridine rings is 1. The molecule has 1 aromatic carbocycles. The molecule has 0 aliphatic heterocycles. The van der Waals surface area contributed by atoms with Crippen molar-refractivity contribution in [1.82, 2.24) is 14.5 Å². The number of ether oxygens (including phenoxy) is 1. The van der Waals surface area contributed by atoms with Crippen LogP contribution in [0.4, 0.5) is 0 Å². The quantitative estimate of drug-likeness (QED) is 0.730. The third kappa shape index (κ3) is 2.88. The Bertz CT molecular complexity index is 786. The van der Waals surface area contributed by atoms with Gasteiger partial charge in [-0.15, -0.1) is 0 Å². The summed E-state index contributed by atoms with van der Waals surface area (Å²) in [5, 5.41) is 1.33. The number of nitrogens with zero attached hydrogens (tertiary/aromatic N) is 3. The van der Waals surface area contributed by atoms with Gasteiger partial charge < -0.3 is 9.30 Å². The standard InChI is InChI=1S/C15H13Cl2N3O/c1-21-9-15-19-13-4-5-18-7-14(13)20(15)8-10-6-11(16)2-3-12(10)17/h2-7H,8-9H2,1H3. The van der Waals surface area contributed by atoms with Crippen LogP contribution in [0.15, 0.2) is 36.7 Å². The Labute approximate surface area is 132 Å². The van der Waals surface area contributed by atoms with E-state index in [0.29, 0.717) is 23.2 Å². The molecule has 0 amide bonds. The predicted octanol–water partition coefficient (Wildman–Crippen LogP) is 3.93. The van der Waals surface area contributed by atoms with Crippen LogP contribution in [-0.2, 0) is 17.9 Å². The van der Waals surface area contributed by atoms with Gasteiger partial charge >= 0.3 is 0 Å². The van der Waals surface area contributed by atoms with Crippen LogP contribution in [0, 0.1) is 0 Å². The maximum atomic E-state index is 6.25. The van der Waals surface area contributed by atoms with E-state index in [9.17, 15) is 0 Å². The van der Waals surface area contributed by atoms with Gasteiger partial charge in [-0.05, 0) is 29.8 Å². The summed E-state index contributed by atoms with van der Waals surface area (Å²) < 4.78 is 7.27. The van der Waals surface area contributed by atoms with Crippen LogP contribution in [-0.4, -0.2) is 21.6 Å². The number of methoxy groups -OCH3 is 1. The van der Waals surface area contributed by atoms with Gasteiger partial charge in [0.2, 0.25) is 0 Å². The summed E-state index contributed by atoms with van der Waals surface area (Å²) in [4.78, 5) is 8.74. The smallest absolute Gasteiger partial charge is 0.136 e. The second-order valence-electron chi connectivity index (χ2n) is 4.65. The average Bonchev–Trinajstić information content (AvgIpc) is 2.81. The van der Waals surface area contributed by atoms with E-state index in [-0.39, 0.29) is 0 Å². The minimum atomic E-state index is 0.423. The largest absolute Gasteiger partial charge is 0.377 e. The van der Waals surface area contributed by atoms with Gasteiger partial charge in [0.05, 0.1) is 23.8 Å². The molecule has 0 atom stereocenters. The fraction of sp³-hybridized carbons (Fsp3) is 0.200. The lowest BCUT2D eigenvalue weighted by Crippen LogP contribution is -2.06. The van der Waals surface area contributed by atoms with Crippen LogP contribution in [0.3, 0.4) is 0 Å². The van der Waals surface area contributed by atoms with Crippen molar-refractivity contribution in [3.05, 3.63) is 58.1 Å². The highest BCUT2D eigenvalue weighted by atomic mass is 35.5. The highest BCUT2D eigenvalue weighted by molar-refractivity contribution is 6.33. The molecule has 3 rings (SSSR count). The van der Waals surface area contributed by atoms with Crippen molar-refractivity contribution in [3.8, 4) is 0 Å².